The minimum Gasteiger partial charge on any atom is -0.387 e. The van der Waals surface area contributed by atoms with E-state index in [0.29, 0.717) is 13.1 Å². The van der Waals surface area contributed by atoms with Crippen LogP contribution in [-0.2, 0) is 4.74 Å². The molecule has 1 aromatic carbocycles. The predicted molar refractivity (Wildman–Crippen MR) is 114 cm³/mol. The highest BCUT2D eigenvalue weighted by molar-refractivity contribution is 7.99. The zero-order chi connectivity index (χ0) is 19.5. The number of β-amino-alcohol motifs (C(OH)–C–C–N with tert-alkyl or cyclic N) is 1. The van der Waals surface area contributed by atoms with Crippen molar-refractivity contribution in [1.29, 1.82) is 0 Å². The van der Waals surface area contributed by atoms with Gasteiger partial charge in [0.2, 0.25) is 0 Å². The Morgan fingerprint density at radius 2 is 1.96 bits per heavy atom. The van der Waals surface area contributed by atoms with Crippen molar-refractivity contribution in [2.75, 3.05) is 58.2 Å². The molecule has 27 heavy (non-hydrogen) atoms. The van der Waals surface area contributed by atoms with Crippen LogP contribution in [0.5, 0.6) is 0 Å². The van der Waals surface area contributed by atoms with E-state index in [1.807, 2.05) is 25.6 Å². The summed E-state index contributed by atoms with van der Waals surface area (Å²) in [6.07, 6.45) is 0. The molecule has 1 aliphatic rings. The number of aliphatic imine (C=N–C) groups is 1. The average molecular weight is 395 g/mol. The average Bonchev–Trinajstić information content (AvgIpc) is 2.65. The van der Waals surface area contributed by atoms with Gasteiger partial charge in [0.05, 0.1) is 25.4 Å². The Balaban J connectivity index is 1.75. The number of morpholine rings is 1. The van der Waals surface area contributed by atoms with Crippen molar-refractivity contribution in [3.05, 3.63) is 29.8 Å². The van der Waals surface area contributed by atoms with Crippen LogP contribution in [0.3, 0.4) is 0 Å². The Kier molecular flexibility index (Phi) is 9.41. The van der Waals surface area contributed by atoms with Crippen LogP contribution in [0, 0.1) is 6.92 Å². The number of nitrogens with one attached hydrogen (secondary N) is 2. The summed E-state index contributed by atoms with van der Waals surface area (Å²) in [6, 6.07) is 8.58. The van der Waals surface area contributed by atoms with E-state index < -0.39 is 5.60 Å². The second kappa shape index (κ2) is 11.5. The molecule has 3 N–H and O–H groups in total. The molecule has 0 spiro atoms. The number of guanidine groups is 1. The summed E-state index contributed by atoms with van der Waals surface area (Å²) in [4.78, 5) is 8.09. The molecule has 0 amide bonds. The van der Waals surface area contributed by atoms with Gasteiger partial charge in [0.15, 0.2) is 5.96 Å². The van der Waals surface area contributed by atoms with Crippen molar-refractivity contribution >= 4 is 17.7 Å². The molecule has 152 valence electrons. The van der Waals surface area contributed by atoms with Crippen molar-refractivity contribution in [2.45, 2.75) is 31.3 Å². The van der Waals surface area contributed by atoms with E-state index >= 15 is 0 Å². The maximum atomic E-state index is 10.7. The molecule has 0 aromatic heterocycles. The lowest BCUT2D eigenvalue weighted by molar-refractivity contribution is -0.0179. The minimum atomic E-state index is -0.851. The van der Waals surface area contributed by atoms with Crippen LogP contribution in [0.15, 0.2) is 34.2 Å². The Morgan fingerprint density at radius 1 is 1.26 bits per heavy atom. The fraction of sp³-hybridized carbons (Fsp3) is 0.650. The summed E-state index contributed by atoms with van der Waals surface area (Å²) in [6.45, 7) is 11.8. The largest absolute Gasteiger partial charge is 0.387 e. The summed E-state index contributed by atoms with van der Waals surface area (Å²) in [5.41, 5.74) is 0.430. The van der Waals surface area contributed by atoms with Crippen molar-refractivity contribution in [3.8, 4) is 0 Å². The van der Waals surface area contributed by atoms with Gasteiger partial charge in [-0.05, 0) is 32.9 Å². The third-order valence-electron chi connectivity index (χ3n) is 4.27. The maximum Gasteiger partial charge on any atom is 0.191 e. The van der Waals surface area contributed by atoms with Crippen LogP contribution >= 0.6 is 11.8 Å². The van der Waals surface area contributed by atoms with Gasteiger partial charge in [0.1, 0.15) is 0 Å². The number of hydrogen-bond acceptors (Lipinski definition) is 5. The van der Waals surface area contributed by atoms with Gasteiger partial charge < -0.3 is 20.5 Å². The molecule has 0 saturated carbocycles. The van der Waals surface area contributed by atoms with E-state index in [2.05, 4.69) is 51.7 Å². The first kappa shape index (κ1) is 22.0. The van der Waals surface area contributed by atoms with Crippen molar-refractivity contribution in [1.82, 2.24) is 15.5 Å². The lowest BCUT2D eigenvalue weighted by Gasteiger charge is -2.33. The number of thioether (sulfide) groups is 1. The number of benzene rings is 1. The van der Waals surface area contributed by atoms with Crippen LogP contribution in [0.2, 0.25) is 0 Å². The van der Waals surface area contributed by atoms with E-state index in [1.165, 1.54) is 10.5 Å². The van der Waals surface area contributed by atoms with E-state index in [-0.39, 0.29) is 0 Å². The van der Waals surface area contributed by atoms with Crippen molar-refractivity contribution in [3.63, 3.8) is 0 Å². The monoisotopic (exact) mass is 394 g/mol. The van der Waals surface area contributed by atoms with Crippen LogP contribution in [-0.4, -0.2) is 79.8 Å². The molecule has 6 nitrogen and oxygen atoms in total. The first-order valence-corrected chi connectivity index (χ1v) is 10.7. The zero-order valence-electron chi connectivity index (χ0n) is 16.8. The summed E-state index contributed by atoms with van der Waals surface area (Å²) < 4.78 is 5.36. The fourth-order valence-electron chi connectivity index (χ4n) is 2.85. The van der Waals surface area contributed by atoms with Gasteiger partial charge in [-0.1, -0.05) is 17.7 Å². The second-order valence-corrected chi connectivity index (χ2v) is 8.34. The molecule has 1 unspecified atom stereocenters. The SMILES string of the molecule is CCNC(=NCC(C)(O)CN1CCOCC1)NCCSc1ccc(C)cc1. The number of hydrogen-bond donors (Lipinski definition) is 3. The van der Waals surface area contributed by atoms with Gasteiger partial charge in [-0.15, -0.1) is 11.8 Å². The van der Waals surface area contributed by atoms with E-state index in [4.69, 9.17) is 4.74 Å². The smallest absolute Gasteiger partial charge is 0.191 e. The van der Waals surface area contributed by atoms with E-state index in [0.717, 1.165) is 51.1 Å². The molecule has 0 bridgehead atoms. The van der Waals surface area contributed by atoms with Gasteiger partial charge in [0, 0.05) is 43.4 Å². The highest BCUT2D eigenvalue weighted by Gasteiger charge is 2.25. The van der Waals surface area contributed by atoms with Crippen LogP contribution in [0.25, 0.3) is 0 Å². The molecular weight excluding hydrogens is 360 g/mol. The minimum absolute atomic E-state index is 0.366. The summed E-state index contributed by atoms with van der Waals surface area (Å²) in [5.74, 6) is 1.71. The Morgan fingerprint density at radius 3 is 2.63 bits per heavy atom. The lowest BCUT2D eigenvalue weighted by atomic mass is 10.1. The molecule has 1 atom stereocenters. The number of ether oxygens (including phenoxy) is 1. The van der Waals surface area contributed by atoms with Crippen molar-refractivity contribution in [2.24, 2.45) is 4.99 Å². The van der Waals surface area contributed by atoms with Gasteiger partial charge in [-0.3, -0.25) is 9.89 Å². The Hall–Kier alpha value is -1.28. The van der Waals surface area contributed by atoms with Crippen LogP contribution in [0.4, 0.5) is 0 Å². The first-order chi connectivity index (χ1) is 13.0. The van der Waals surface area contributed by atoms with Gasteiger partial charge in [-0.2, -0.15) is 0 Å². The van der Waals surface area contributed by atoms with Gasteiger partial charge in [-0.25, -0.2) is 0 Å². The third-order valence-corrected chi connectivity index (χ3v) is 5.29. The zero-order valence-corrected chi connectivity index (χ0v) is 17.6. The normalized spacial score (nSPS) is 18.1. The fourth-order valence-corrected chi connectivity index (χ4v) is 3.62. The molecule has 1 heterocycles. The topological polar surface area (TPSA) is 69.1 Å². The molecule has 0 radical (unpaired) electrons. The number of aliphatic hydroxyl groups is 1. The summed E-state index contributed by atoms with van der Waals surface area (Å²) in [7, 11) is 0. The second-order valence-electron chi connectivity index (χ2n) is 7.17. The maximum absolute atomic E-state index is 10.7. The summed E-state index contributed by atoms with van der Waals surface area (Å²) >= 11 is 1.82. The number of aryl methyl sites for hydroxylation is 1. The molecule has 2 rings (SSSR count). The standard InChI is InChI=1S/C20H34N4O2S/c1-4-21-19(22-9-14-27-18-7-5-17(2)6-8-18)23-15-20(3,25)16-24-10-12-26-13-11-24/h5-8,25H,4,9-16H2,1-3H3,(H2,21,22,23). The van der Waals surface area contributed by atoms with Gasteiger partial charge >= 0.3 is 0 Å². The first-order valence-electron chi connectivity index (χ1n) is 9.72. The van der Waals surface area contributed by atoms with Crippen LogP contribution < -0.4 is 10.6 Å². The predicted octanol–water partition coefficient (Wildman–Crippen LogP) is 1.73. The number of rotatable bonds is 9. The third kappa shape index (κ3) is 8.97. The summed E-state index contributed by atoms with van der Waals surface area (Å²) in [5, 5.41) is 17.3. The van der Waals surface area contributed by atoms with E-state index in [9.17, 15) is 5.11 Å². The molecule has 7 heteroatoms. The highest BCUT2D eigenvalue weighted by atomic mass is 32.2. The molecule has 1 aromatic rings. The van der Waals surface area contributed by atoms with Crippen LogP contribution in [0.1, 0.15) is 19.4 Å². The molecule has 1 aliphatic heterocycles. The Bertz CT molecular complexity index is 572. The Labute approximate surface area is 167 Å². The number of nitrogens with zero attached hydrogens (tertiary/aromatic N) is 2. The quantitative estimate of drug-likeness (QED) is 0.256. The molecular formula is C20H34N4O2S. The van der Waals surface area contributed by atoms with E-state index in [1.54, 1.807) is 0 Å². The molecule has 1 fully saturated rings. The highest BCUT2D eigenvalue weighted by Crippen LogP contribution is 2.17. The van der Waals surface area contributed by atoms with Gasteiger partial charge in [0.25, 0.3) is 0 Å². The molecule has 0 aliphatic carbocycles. The molecule has 1 saturated heterocycles. The van der Waals surface area contributed by atoms with Crippen molar-refractivity contribution < 1.29 is 9.84 Å². The lowest BCUT2D eigenvalue weighted by Crippen LogP contribution is -2.48.